The maximum Gasteiger partial charge on any atom is 0.262 e. The smallest absolute Gasteiger partial charge is 0.262 e. The van der Waals surface area contributed by atoms with E-state index in [-0.39, 0.29) is 11.4 Å². The number of halogens is 2. The molecule has 0 atom stereocenters. The number of thioether (sulfide) groups is 1. The Bertz CT molecular complexity index is 960. The Hall–Kier alpha value is -1.89. The summed E-state index contributed by atoms with van der Waals surface area (Å²) in [7, 11) is 1.63. The van der Waals surface area contributed by atoms with Crippen LogP contribution in [0, 0.1) is 5.82 Å². The Balaban J connectivity index is 1.95. The lowest BCUT2D eigenvalue weighted by atomic mass is 10.2. The minimum atomic E-state index is -0.270. The molecule has 1 heterocycles. The number of rotatable bonds is 7. The van der Waals surface area contributed by atoms with Crippen molar-refractivity contribution in [3.63, 3.8) is 0 Å². The summed E-state index contributed by atoms with van der Waals surface area (Å²) >= 11 is 7.49. The van der Waals surface area contributed by atoms with Gasteiger partial charge in [0.25, 0.3) is 5.56 Å². The predicted octanol–water partition coefficient (Wildman–Crippen LogP) is 4.52. The molecular formula is C19H18ClFN2O2S. The first-order valence-corrected chi connectivity index (χ1v) is 9.51. The zero-order valence-corrected chi connectivity index (χ0v) is 15.8. The zero-order valence-electron chi connectivity index (χ0n) is 14.2. The summed E-state index contributed by atoms with van der Waals surface area (Å²) in [4.78, 5) is 17.5. The van der Waals surface area contributed by atoms with Crippen molar-refractivity contribution in [3.05, 3.63) is 69.2 Å². The number of aromatic nitrogens is 2. The second-order valence-corrected chi connectivity index (χ2v) is 7.15. The van der Waals surface area contributed by atoms with Gasteiger partial charge >= 0.3 is 0 Å². The Morgan fingerprint density at radius 2 is 2.00 bits per heavy atom. The monoisotopic (exact) mass is 392 g/mol. The van der Waals surface area contributed by atoms with Crippen LogP contribution in [-0.4, -0.2) is 23.3 Å². The lowest BCUT2D eigenvalue weighted by Crippen LogP contribution is -2.24. The average molecular weight is 393 g/mol. The van der Waals surface area contributed by atoms with Crippen LogP contribution in [0.15, 0.2) is 52.4 Å². The zero-order chi connectivity index (χ0) is 18.5. The molecule has 0 amide bonds. The third kappa shape index (κ3) is 4.44. The molecule has 0 aliphatic heterocycles. The Labute approximate surface area is 160 Å². The van der Waals surface area contributed by atoms with Crippen molar-refractivity contribution in [1.29, 1.82) is 0 Å². The molecule has 136 valence electrons. The van der Waals surface area contributed by atoms with E-state index >= 15 is 0 Å². The van der Waals surface area contributed by atoms with E-state index in [4.69, 9.17) is 16.3 Å². The summed E-state index contributed by atoms with van der Waals surface area (Å²) in [5.41, 5.74) is 1.44. The van der Waals surface area contributed by atoms with Crippen LogP contribution in [0.25, 0.3) is 10.9 Å². The fourth-order valence-corrected chi connectivity index (χ4v) is 3.72. The molecule has 0 bridgehead atoms. The number of nitrogens with zero attached hydrogens (tertiary/aromatic N) is 2. The van der Waals surface area contributed by atoms with Crippen LogP contribution in [0.1, 0.15) is 12.0 Å². The van der Waals surface area contributed by atoms with Crippen LogP contribution in [0.5, 0.6) is 0 Å². The van der Waals surface area contributed by atoms with E-state index in [1.165, 1.54) is 23.9 Å². The number of hydrogen-bond donors (Lipinski definition) is 0. The minimum Gasteiger partial charge on any atom is -0.385 e. The van der Waals surface area contributed by atoms with E-state index < -0.39 is 0 Å². The van der Waals surface area contributed by atoms with Gasteiger partial charge in [-0.2, -0.15) is 0 Å². The van der Waals surface area contributed by atoms with Gasteiger partial charge in [-0.05, 0) is 42.3 Å². The van der Waals surface area contributed by atoms with Crippen molar-refractivity contribution in [1.82, 2.24) is 9.55 Å². The molecule has 0 spiro atoms. The first kappa shape index (κ1) is 18.9. The van der Waals surface area contributed by atoms with E-state index in [1.807, 2.05) is 0 Å². The van der Waals surface area contributed by atoms with Crippen molar-refractivity contribution >= 4 is 34.3 Å². The molecule has 4 nitrogen and oxygen atoms in total. The highest BCUT2D eigenvalue weighted by Gasteiger charge is 2.12. The van der Waals surface area contributed by atoms with E-state index in [1.54, 1.807) is 42.0 Å². The summed E-state index contributed by atoms with van der Waals surface area (Å²) in [6, 6.07) is 11.4. The van der Waals surface area contributed by atoms with Crippen molar-refractivity contribution in [2.75, 3.05) is 13.7 Å². The lowest BCUT2D eigenvalue weighted by Gasteiger charge is -2.13. The van der Waals surface area contributed by atoms with Crippen molar-refractivity contribution in [2.45, 2.75) is 23.9 Å². The van der Waals surface area contributed by atoms with Crippen molar-refractivity contribution in [2.24, 2.45) is 0 Å². The molecule has 3 aromatic rings. The van der Waals surface area contributed by atoms with Gasteiger partial charge in [0.2, 0.25) is 0 Å². The van der Waals surface area contributed by atoms with Gasteiger partial charge < -0.3 is 4.74 Å². The summed E-state index contributed by atoms with van der Waals surface area (Å²) in [5, 5.41) is 1.69. The number of hydrogen-bond acceptors (Lipinski definition) is 4. The molecular weight excluding hydrogens is 375 g/mol. The number of methoxy groups -OCH3 is 1. The molecule has 0 N–H and O–H groups in total. The Morgan fingerprint density at radius 1 is 1.23 bits per heavy atom. The van der Waals surface area contributed by atoms with Crippen LogP contribution in [0.3, 0.4) is 0 Å². The molecule has 0 saturated heterocycles. The Kier molecular flexibility index (Phi) is 6.29. The van der Waals surface area contributed by atoms with Gasteiger partial charge in [-0.25, -0.2) is 9.37 Å². The largest absolute Gasteiger partial charge is 0.385 e. The number of ether oxygens (including phenoxy) is 1. The molecule has 1 aromatic heterocycles. The second-order valence-electron chi connectivity index (χ2n) is 5.77. The summed E-state index contributed by atoms with van der Waals surface area (Å²) in [5.74, 6) is 0.317. The van der Waals surface area contributed by atoms with Crippen LogP contribution in [-0.2, 0) is 17.0 Å². The van der Waals surface area contributed by atoms with E-state index in [2.05, 4.69) is 4.98 Å². The fraction of sp³-hybridized carbons (Fsp3) is 0.263. The van der Waals surface area contributed by atoms with E-state index in [0.29, 0.717) is 46.4 Å². The van der Waals surface area contributed by atoms with Crippen LogP contribution in [0.4, 0.5) is 4.39 Å². The highest BCUT2D eigenvalue weighted by molar-refractivity contribution is 7.98. The molecule has 0 radical (unpaired) electrons. The normalized spacial score (nSPS) is 11.2. The van der Waals surface area contributed by atoms with Crippen LogP contribution in [0.2, 0.25) is 5.02 Å². The van der Waals surface area contributed by atoms with Crippen molar-refractivity contribution in [3.8, 4) is 0 Å². The number of fused-ring (bicyclic) bond motifs is 1. The second kappa shape index (κ2) is 8.66. The molecule has 0 saturated carbocycles. The molecule has 7 heteroatoms. The highest BCUT2D eigenvalue weighted by atomic mass is 35.5. The van der Waals surface area contributed by atoms with E-state index in [0.717, 1.165) is 5.56 Å². The molecule has 0 aliphatic carbocycles. The van der Waals surface area contributed by atoms with Gasteiger partial charge in [0, 0.05) is 31.0 Å². The molecule has 3 rings (SSSR count). The first-order chi connectivity index (χ1) is 12.6. The summed E-state index contributed by atoms with van der Waals surface area (Å²) in [6.07, 6.45) is 0.710. The number of benzene rings is 2. The molecule has 2 aromatic carbocycles. The van der Waals surface area contributed by atoms with Gasteiger partial charge in [0.15, 0.2) is 5.16 Å². The third-order valence-electron chi connectivity index (χ3n) is 3.89. The Morgan fingerprint density at radius 3 is 2.73 bits per heavy atom. The lowest BCUT2D eigenvalue weighted by molar-refractivity contribution is 0.189. The average Bonchev–Trinajstić information content (AvgIpc) is 2.63. The molecule has 0 aliphatic rings. The summed E-state index contributed by atoms with van der Waals surface area (Å²) in [6.45, 7) is 1.08. The third-order valence-corrected chi connectivity index (χ3v) is 5.18. The summed E-state index contributed by atoms with van der Waals surface area (Å²) < 4.78 is 19.8. The van der Waals surface area contributed by atoms with Gasteiger partial charge in [-0.15, -0.1) is 0 Å². The predicted molar refractivity (Wildman–Crippen MR) is 103 cm³/mol. The van der Waals surface area contributed by atoms with Gasteiger partial charge in [0.05, 0.1) is 10.9 Å². The minimum absolute atomic E-state index is 0.0932. The highest BCUT2D eigenvalue weighted by Crippen LogP contribution is 2.24. The first-order valence-electron chi connectivity index (χ1n) is 8.15. The van der Waals surface area contributed by atoms with Gasteiger partial charge in [-0.1, -0.05) is 35.5 Å². The van der Waals surface area contributed by atoms with Gasteiger partial charge in [-0.3, -0.25) is 9.36 Å². The van der Waals surface area contributed by atoms with E-state index in [9.17, 15) is 9.18 Å². The maximum atomic E-state index is 13.1. The topological polar surface area (TPSA) is 44.1 Å². The SMILES string of the molecule is COCCCn1c(SCc2ccc(F)cc2)nc2cc(Cl)ccc2c1=O. The molecule has 0 fully saturated rings. The molecule has 0 unspecified atom stereocenters. The van der Waals surface area contributed by atoms with Crippen LogP contribution >= 0.6 is 23.4 Å². The standard InChI is InChI=1S/C19H18ClFN2O2S/c1-25-10-2-9-23-18(24)16-8-5-14(20)11-17(16)22-19(23)26-12-13-3-6-15(21)7-4-13/h3-8,11H,2,9-10,12H2,1H3. The van der Waals surface area contributed by atoms with Gasteiger partial charge in [0.1, 0.15) is 5.82 Å². The quantitative estimate of drug-likeness (QED) is 0.337. The molecule has 26 heavy (non-hydrogen) atoms. The van der Waals surface area contributed by atoms with Crippen LogP contribution < -0.4 is 5.56 Å². The maximum absolute atomic E-state index is 13.1. The fourth-order valence-electron chi connectivity index (χ4n) is 2.58. The van der Waals surface area contributed by atoms with Crippen molar-refractivity contribution < 1.29 is 9.13 Å².